The number of hydrogen-bond acceptors (Lipinski definition) is 5. The highest BCUT2D eigenvalue weighted by Crippen LogP contribution is 2.21. The lowest BCUT2D eigenvalue weighted by atomic mass is 10.2. The van der Waals surface area contributed by atoms with E-state index in [4.69, 9.17) is 10.3 Å². The maximum atomic E-state index is 5.46. The predicted octanol–water partition coefficient (Wildman–Crippen LogP) is 3.34. The van der Waals surface area contributed by atoms with Crippen LogP contribution < -0.4 is 5.73 Å². The average Bonchev–Trinajstić information content (AvgIpc) is 2.91. The molecule has 0 aliphatic heterocycles. The minimum Gasteiger partial charge on any atom is -0.339 e. The zero-order valence-corrected chi connectivity index (χ0v) is 12.7. The Hall–Kier alpha value is -1.33. The molecule has 0 saturated carbocycles. The summed E-state index contributed by atoms with van der Waals surface area (Å²) in [7, 11) is 0. The number of rotatable bonds is 8. The van der Waals surface area contributed by atoms with Crippen LogP contribution in [0.25, 0.3) is 0 Å². The van der Waals surface area contributed by atoms with E-state index < -0.39 is 0 Å². The van der Waals surface area contributed by atoms with Crippen molar-refractivity contribution in [1.82, 2.24) is 10.1 Å². The van der Waals surface area contributed by atoms with Gasteiger partial charge in [0.15, 0.2) is 5.82 Å². The van der Waals surface area contributed by atoms with Crippen molar-refractivity contribution in [3.8, 4) is 0 Å². The molecule has 0 aliphatic rings. The molecule has 108 valence electrons. The second-order valence-electron chi connectivity index (χ2n) is 4.81. The van der Waals surface area contributed by atoms with Gasteiger partial charge in [0.05, 0.1) is 5.75 Å². The number of hydrogen-bond donors (Lipinski definition) is 1. The van der Waals surface area contributed by atoms with Crippen LogP contribution in [0.1, 0.15) is 36.5 Å². The highest BCUT2D eigenvalue weighted by molar-refractivity contribution is 7.98. The molecule has 2 rings (SSSR count). The van der Waals surface area contributed by atoms with Gasteiger partial charge >= 0.3 is 0 Å². The van der Waals surface area contributed by atoms with Crippen LogP contribution in [0, 0.1) is 6.92 Å². The van der Waals surface area contributed by atoms with E-state index in [0.717, 1.165) is 49.7 Å². The molecule has 0 saturated heterocycles. The number of aromatic nitrogens is 2. The molecule has 1 aromatic carbocycles. The van der Waals surface area contributed by atoms with Crippen molar-refractivity contribution < 1.29 is 4.52 Å². The molecule has 0 aliphatic carbocycles. The van der Waals surface area contributed by atoms with Crippen LogP contribution >= 0.6 is 11.8 Å². The first-order chi connectivity index (χ1) is 9.78. The van der Waals surface area contributed by atoms with E-state index >= 15 is 0 Å². The van der Waals surface area contributed by atoms with E-state index in [9.17, 15) is 0 Å². The van der Waals surface area contributed by atoms with Crippen LogP contribution in [-0.2, 0) is 12.2 Å². The van der Waals surface area contributed by atoms with E-state index in [1.54, 1.807) is 11.8 Å². The van der Waals surface area contributed by atoms with Gasteiger partial charge in [-0.1, -0.05) is 29.3 Å². The molecule has 0 unspecified atom stereocenters. The van der Waals surface area contributed by atoms with Gasteiger partial charge in [-0.25, -0.2) is 0 Å². The van der Waals surface area contributed by atoms with Crippen molar-refractivity contribution in [2.24, 2.45) is 5.73 Å². The number of aryl methyl sites for hydroxylation is 2. The summed E-state index contributed by atoms with van der Waals surface area (Å²) in [4.78, 5) is 5.64. The molecule has 5 heteroatoms. The molecule has 0 radical (unpaired) electrons. The van der Waals surface area contributed by atoms with Gasteiger partial charge in [0.2, 0.25) is 5.89 Å². The molecule has 20 heavy (non-hydrogen) atoms. The van der Waals surface area contributed by atoms with Gasteiger partial charge in [-0.05, 0) is 38.4 Å². The van der Waals surface area contributed by atoms with Gasteiger partial charge in [-0.2, -0.15) is 4.98 Å². The third-order valence-electron chi connectivity index (χ3n) is 2.99. The lowest BCUT2D eigenvalue weighted by Crippen LogP contribution is -1.98. The van der Waals surface area contributed by atoms with Crippen LogP contribution in [-0.4, -0.2) is 16.7 Å². The highest BCUT2D eigenvalue weighted by atomic mass is 32.2. The lowest BCUT2D eigenvalue weighted by Gasteiger charge is -1.98. The Labute approximate surface area is 124 Å². The summed E-state index contributed by atoms with van der Waals surface area (Å²) in [5.74, 6) is 2.25. The fourth-order valence-electron chi connectivity index (χ4n) is 1.83. The molecule has 0 fully saturated rings. The number of benzene rings is 1. The molecule has 1 heterocycles. The monoisotopic (exact) mass is 291 g/mol. The molecular weight excluding hydrogens is 270 g/mol. The van der Waals surface area contributed by atoms with E-state index in [-0.39, 0.29) is 0 Å². The second-order valence-corrected chi connectivity index (χ2v) is 5.85. The van der Waals surface area contributed by atoms with Crippen LogP contribution in [0.15, 0.2) is 33.7 Å². The first-order valence-corrected chi connectivity index (χ1v) is 7.97. The smallest absolute Gasteiger partial charge is 0.226 e. The van der Waals surface area contributed by atoms with Gasteiger partial charge in [0, 0.05) is 11.3 Å². The summed E-state index contributed by atoms with van der Waals surface area (Å²) in [5.41, 5.74) is 6.73. The summed E-state index contributed by atoms with van der Waals surface area (Å²) in [6.07, 6.45) is 4.09. The Bertz CT molecular complexity index is 510. The fraction of sp³-hybridized carbons (Fsp3) is 0.467. The van der Waals surface area contributed by atoms with E-state index in [1.165, 1.54) is 10.5 Å². The predicted molar refractivity (Wildman–Crippen MR) is 81.6 cm³/mol. The summed E-state index contributed by atoms with van der Waals surface area (Å²) in [6, 6.07) is 8.46. The van der Waals surface area contributed by atoms with Crippen LogP contribution in [0.4, 0.5) is 0 Å². The fourth-order valence-corrected chi connectivity index (χ4v) is 2.57. The zero-order valence-electron chi connectivity index (χ0n) is 11.8. The highest BCUT2D eigenvalue weighted by Gasteiger charge is 2.06. The summed E-state index contributed by atoms with van der Waals surface area (Å²) >= 11 is 1.73. The summed E-state index contributed by atoms with van der Waals surface area (Å²) < 4.78 is 5.25. The van der Waals surface area contributed by atoms with Crippen molar-refractivity contribution in [3.63, 3.8) is 0 Å². The van der Waals surface area contributed by atoms with Gasteiger partial charge in [0.1, 0.15) is 0 Å². The Kier molecular flexibility index (Phi) is 6.08. The van der Waals surface area contributed by atoms with Crippen LogP contribution in [0.3, 0.4) is 0 Å². The van der Waals surface area contributed by atoms with Crippen molar-refractivity contribution in [1.29, 1.82) is 0 Å². The van der Waals surface area contributed by atoms with Crippen molar-refractivity contribution >= 4 is 11.8 Å². The van der Waals surface area contributed by atoms with Crippen LogP contribution in [0.2, 0.25) is 0 Å². The van der Waals surface area contributed by atoms with E-state index in [1.807, 2.05) is 0 Å². The van der Waals surface area contributed by atoms with Crippen molar-refractivity contribution in [2.45, 2.75) is 43.3 Å². The third-order valence-corrected chi connectivity index (χ3v) is 4.00. The molecule has 0 amide bonds. The molecule has 1 aromatic heterocycles. The topological polar surface area (TPSA) is 64.9 Å². The first kappa shape index (κ1) is 15.1. The molecular formula is C15H21N3OS. The number of nitrogens with two attached hydrogens (primary N) is 1. The van der Waals surface area contributed by atoms with Gasteiger partial charge in [0.25, 0.3) is 0 Å². The second kappa shape index (κ2) is 8.07. The average molecular weight is 291 g/mol. The van der Waals surface area contributed by atoms with Gasteiger partial charge in [-0.15, -0.1) is 11.8 Å². The first-order valence-electron chi connectivity index (χ1n) is 6.99. The van der Waals surface area contributed by atoms with Gasteiger partial charge in [-0.3, -0.25) is 0 Å². The quantitative estimate of drug-likeness (QED) is 0.597. The maximum absolute atomic E-state index is 5.46. The van der Waals surface area contributed by atoms with Crippen molar-refractivity contribution in [3.05, 3.63) is 41.5 Å². The van der Waals surface area contributed by atoms with Gasteiger partial charge < -0.3 is 10.3 Å². The Morgan fingerprint density at radius 1 is 1.15 bits per heavy atom. The SMILES string of the molecule is Cc1ccc(SCc2noc(CCCCCN)n2)cc1. The van der Waals surface area contributed by atoms with E-state index in [0.29, 0.717) is 0 Å². The minimum absolute atomic E-state index is 0.738. The Balaban J connectivity index is 1.76. The maximum Gasteiger partial charge on any atom is 0.226 e. The number of thioether (sulfide) groups is 1. The minimum atomic E-state index is 0.738. The molecule has 0 atom stereocenters. The van der Waals surface area contributed by atoms with Crippen LogP contribution in [0.5, 0.6) is 0 Å². The Morgan fingerprint density at radius 3 is 2.70 bits per heavy atom. The summed E-state index contributed by atoms with van der Waals surface area (Å²) in [5, 5.41) is 4.02. The molecule has 0 spiro atoms. The molecule has 4 nitrogen and oxygen atoms in total. The third kappa shape index (κ3) is 4.98. The summed E-state index contributed by atoms with van der Waals surface area (Å²) in [6.45, 7) is 2.84. The molecule has 2 N–H and O–H groups in total. The van der Waals surface area contributed by atoms with Crippen molar-refractivity contribution in [2.75, 3.05) is 6.54 Å². The van der Waals surface area contributed by atoms with E-state index in [2.05, 4.69) is 41.3 Å². The number of nitrogens with zero attached hydrogens (tertiary/aromatic N) is 2. The lowest BCUT2D eigenvalue weighted by molar-refractivity contribution is 0.370. The zero-order chi connectivity index (χ0) is 14.2. The molecule has 2 aromatic rings. The largest absolute Gasteiger partial charge is 0.339 e. The normalized spacial score (nSPS) is 10.9. The number of unbranched alkanes of at least 4 members (excludes halogenated alkanes) is 2. The molecule has 0 bridgehead atoms. The Morgan fingerprint density at radius 2 is 1.95 bits per heavy atom. The standard InChI is InChI=1S/C15H21N3OS/c1-12-6-8-13(9-7-12)20-11-14-17-15(19-18-14)5-3-2-4-10-16/h6-9H,2-5,10-11,16H2,1H3.